The van der Waals surface area contributed by atoms with Crippen molar-refractivity contribution < 1.29 is 19.1 Å². The first-order valence-corrected chi connectivity index (χ1v) is 4.98. The molecule has 17 heavy (non-hydrogen) atoms. The fraction of sp³-hybridized carbons (Fsp3) is 0.556. The number of carbonyl (C=O) groups is 2. The second-order valence-corrected chi connectivity index (χ2v) is 3.19. The normalized spacial score (nSPS) is 11.9. The Morgan fingerprint density at radius 3 is 2.71 bits per heavy atom. The SMILES string of the molecule is CCOC(=O)c1nnn(C(C)C(=O)OC)c1N. The van der Waals surface area contributed by atoms with Crippen LogP contribution >= 0.6 is 0 Å². The lowest BCUT2D eigenvalue weighted by Gasteiger charge is -2.09. The highest BCUT2D eigenvalue weighted by atomic mass is 16.5. The van der Waals surface area contributed by atoms with Gasteiger partial charge in [-0.25, -0.2) is 14.3 Å². The zero-order chi connectivity index (χ0) is 13.0. The van der Waals surface area contributed by atoms with Gasteiger partial charge in [-0.05, 0) is 13.8 Å². The first-order valence-electron chi connectivity index (χ1n) is 4.98. The first kappa shape index (κ1) is 12.9. The predicted octanol–water partition coefficient (Wildman–Crippen LogP) is -0.229. The van der Waals surface area contributed by atoms with Crippen molar-refractivity contribution in [2.45, 2.75) is 19.9 Å². The van der Waals surface area contributed by atoms with Crippen LogP contribution in [-0.2, 0) is 14.3 Å². The molecule has 1 aromatic rings. The van der Waals surface area contributed by atoms with Gasteiger partial charge in [0.1, 0.15) is 0 Å². The third kappa shape index (κ3) is 2.52. The smallest absolute Gasteiger partial charge is 0.362 e. The van der Waals surface area contributed by atoms with E-state index in [1.54, 1.807) is 6.92 Å². The Kier molecular flexibility index (Phi) is 4.02. The predicted molar refractivity (Wildman–Crippen MR) is 57.1 cm³/mol. The molecule has 0 aliphatic heterocycles. The number of nitrogen functional groups attached to an aromatic ring is 1. The maximum absolute atomic E-state index is 11.4. The van der Waals surface area contributed by atoms with Gasteiger partial charge in [0.25, 0.3) is 0 Å². The summed E-state index contributed by atoms with van der Waals surface area (Å²) >= 11 is 0. The van der Waals surface area contributed by atoms with Crippen molar-refractivity contribution in [3.05, 3.63) is 5.69 Å². The summed E-state index contributed by atoms with van der Waals surface area (Å²) in [7, 11) is 1.25. The zero-order valence-electron chi connectivity index (χ0n) is 9.84. The van der Waals surface area contributed by atoms with Crippen molar-refractivity contribution in [2.24, 2.45) is 0 Å². The average molecular weight is 242 g/mol. The Morgan fingerprint density at radius 1 is 1.53 bits per heavy atom. The maximum atomic E-state index is 11.4. The standard InChI is InChI=1S/C9H14N4O4/c1-4-17-9(15)6-7(10)13(12-11-6)5(2)8(14)16-3/h5H,4,10H2,1-3H3. The lowest BCUT2D eigenvalue weighted by molar-refractivity contribution is -0.144. The van der Waals surface area contributed by atoms with E-state index in [1.165, 1.54) is 14.0 Å². The molecule has 1 aromatic heterocycles. The molecule has 0 radical (unpaired) electrons. The molecule has 8 heteroatoms. The number of aromatic nitrogens is 3. The number of nitrogens with two attached hydrogens (primary N) is 1. The lowest BCUT2D eigenvalue weighted by atomic mass is 10.3. The quantitative estimate of drug-likeness (QED) is 0.726. The van der Waals surface area contributed by atoms with E-state index in [0.29, 0.717) is 0 Å². The summed E-state index contributed by atoms with van der Waals surface area (Å²) < 4.78 is 10.4. The van der Waals surface area contributed by atoms with Crippen LogP contribution in [0.5, 0.6) is 0 Å². The van der Waals surface area contributed by atoms with Crippen LogP contribution in [0.4, 0.5) is 5.82 Å². The van der Waals surface area contributed by atoms with Crippen molar-refractivity contribution in [3.8, 4) is 0 Å². The molecule has 0 aliphatic rings. The van der Waals surface area contributed by atoms with Crippen LogP contribution in [0.15, 0.2) is 0 Å². The Labute approximate surface area is 97.7 Å². The molecule has 1 heterocycles. The van der Waals surface area contributed by atoms with Gasteiger partial charge in [-0.15, -0.1) is 5.10 Å². The molecule has 0 saturated heterocycles. The third-order valence-corrected chi connectivity index (χ3v) is 2.11. The number of methoxy groups -OCH3 is 1. The topological polar surface area (TPSA) is 109 Å². The van der Waals surface area contributed by atoms with Gasteiger partial charge in [0.2, 0.25) is 5.69 Å². The number of carbonyl (C=O) groups excluding carboxylic acids is 2. The molecule has 1 rings (SSSR count). The molecule has 2 N–H and O–H groups in total. The van der Waals surface area contributed by atoms with E-state index in [9.17, 15) is 9.59 Å². The molecule has 0 aromatic carbocycles. The van der Waals surface area contributed by atoms with Gasteiger partial charge in [0.15, 0.2) is 11.9 Å². The van der Waals surface area contributed by atoms with Gasteiger partial charge in [0.05, 0.1) is 13.7 Å². The number of hydrogen-bond acceptors (Lipinski definition) is 7. The zero-order valence-corrected chi connectivity index (χ0v) is 9.84. The minimum atomic E-state index is -0.754. The Morgan fingerprint density at radius 2 is 2.18 bits per heavy atom. The molecule has 8 nitrogen and oxygen atoms in total. The third-order valence-electron chi connectivity index (χ3n) is 2.11. The minimum absolute atomic E-state index is 0.0265. The van der Waals surface area contributed by atoms with E-state index < -0.39 is 18.0 Å². The fourth-order valence-corrected chi connectivity index (χ4v) is 1.20. The first-order chi connectivity index (χ1) is 8.02. The van der Waals surface area contributed by atoms with Crippen LogP contribution in [0.3, 0.4) is 0 Å². The number of nitrogens with zero attached hydrogens (tertiary/aromatic N) is 3. The van der Waals surface area contributed by atoms with Gasteiger partial charge in [-0.2, -0.15) is 0 Å². The molecule has 0 spiro atoms. The molecule has 94 valence electrons. The summed E-state index contributed by atoms with van der Waals surface area (Å²) in [6, 6.07) is -0.754. The number of anilines is 1. The molecule has 1 unspecified atom stereocenters. The second-order valence-electron chi connectivity index (χ2n) is 3.19. The summed E-state index contributed by atoms with van der Waals surface area (Å²) in [6.45, 7) is 3.40. The molecular weight excluding hydrogens is 228 g/mol. The monoisotopic (exact) mass is 242 g/mol. The molecule has 0 saturated carbocycles. The second kappa shape index (κ2) is 5.28. The molecule has 0 aliphatic carbocycles. The molecule has 0 fully saturated rings. The van der Waals surface area contributed by atoms with Gasteiger partial charge < -0.3 is 15.2 Å². The fourth-order valence-electron chi connectivity index (χ4n) is 1.20. The molecule has 1 atom stereocenters. The van der Waals surface area contributed by atoms with Crippen LogP contribution in [0.2, 0.25) is 0 Å². The van der Waals surface area contributed by atoms with Gasteiger partial charge >= 0.3 is 11.9 Å². The van der Waals surface area contributed by atoms with Crippen LogP contribution in [-0.4, -0.2) is 40.6 Å². The van der Waals surface area contributed by atoms with Crippen molar-refractivity contribution in [1.29, 1.82) is 0 Å². The summed E-state index contributed by atoms with van der Waals surface area (Å²) in [5.74, 6) is -1.23. The summed E-state index contributed by atoms with van der Waals surface area (Å²) in [4.78, 5) is 22.7. The van der Waals surface area contributed by atoms with E-state index >= 15 is 0 Å². The number of rotatable bonds is 4. The molecule has 0 bridgehead atoms. The highest BCUT2D eigenvalue weighted by molar-refractivity contribution is 5.92. The van der Waals surface area contributed by atoms with Crippen molar-refractivity contribution in [2.75, 3.05) is 19.5 Å². The van der Waals surface area contributed by atoms with E-state index in [1.807, 2.05) is 0 Å². The summed E-state index contributed by atoms with van der Waals surface area (Å²) in [6.07, 6.45) is 0. The number of esters is 2. The summed E-state index contributed by atoms with van der Waals surface area (Å²) in [5.41, 5.74) is 5.55. The highest BCUT2D eigenvalue weighted by Gasteiger charge is 2.24. The van der Waals surface area contributed by atoms with Crippen LogP contribution in [0.1, 0.15) is 30.4 Å². The van der Waals surface area contributed by atoms with Crippen molar-refractivity contribution in [1.82, 2.24) is 15.0 Å². The molecular formula is C9H14N4O4. The van der Waals surface area contributed by atoms with Crippen LogP contribution in [0, 0.1) is 0 Å². The highest BCUT2D eigenvalue weighted by Crippen LogP contribution is 2.15. The van der Waals surface area contributed by atoms with Crippen molar-refractivity contribution in [3.63, 3.8) is 0 Å². The Balaban J connectivity index is 2.98. The average Bonchev–Trinajstić information content (AvgIpc) is 2.69. The Hall–Kier alpha value is -2.12. The number of ether oxygens (including phenoxy) is 2. The van der Waals surface area contributed by atoms with E-state index in [2.05, 4.69) is 15.0 Å². The number of hydrogen-bond donors (Lipinski definition) is 1. The lowest BCUT2D eigenvalue weighted by Crippen LogP contribution is -2.21. The van der Waals surface area contributed by atoms with E-state index in [-0.39, 0.29) is 18.1 Å². The van der Waals surface area contributed by atoms with Crippen molar-refractivity contribution >= 4 is 17.8 Å². The van der Waals surface area contributed by atoms with Gasteiger partial charge in [-0.3, -0.25) is 0 Å². The van der Waals surface area contributed by atoms with E-state index in [4.69, 9.17) is 10.5 Å². The maximum Gasteiger partial charge on any atom is 0.362 e. The van der Waals surface area contributed by atoms with Gasteiger partial charge in [-0.1, -0.05) is 5.21 Å². The van der Waals surface area contributed by atoms with Crippen LogP contribution < -0.4 is 5.73 Å². The minimum Gasteiger partial charge on any atom is -0.467 e. The van der Waals surface area contributed by atoms with E-state index in [0.717, 1.165) is 4.68 Å². The molecule has 0 amide bonds. The largest absolute Gasteiger partial charge is 0.467 e. The Bertz CT molecular complexity index is 429. The van der Waals surface area contributed by atoms with Gasteiger partial charge in [0, 0.05) is 0 Å². The van der Waals surface area contributed by atoms with Crippen LogP contribution in [0.25, 0.3) is 0 Å². The summed E-state index contributed by atoms with van der Waals surface area (Å²) in [5, 5.41) is 7.21.